The van der Waals surface area contributed by atoms with Gasteiger partial charge in [-0.15, -0.1) is 5.06 Å². The number of nitrogens with zero attached hydrogens (tertiary/aromatic N) is 1. The van der Waals surface area contributed by atoms with Crippen LogP contribution in [0.2, 0.25) is 0 Å². The fourth-order valence-corrected chi connectivity index (χ4v) is 2.74. The summed E-state index contributed by atoms with van der Waals surface area (Å²) >= 11 is 0. The number of benzene rings is 1. The zero-order valence-electron chi connectivity index (χ0n) is 12.4. The Morgan fingerprint density at radius 3 is 2.86 bits per heavy atom. The van der Waals surface area contributed by atoms with E-state index in [0.29, 0.717) is 32.1 Å². The maximum Gasteiger partial charge on any atom is 0.328 e. The van der Waals surface area contributed by atoms with Crippen molar-refractivity contribution < 1.29 is 23.5 Å². The van der Waals surface area contributed by atoms with Gasteiger partial charge in [-0.05, 0) is 25.0 Å². The molecule has 0 amide bonds. The molecular formula is C16H20FNO4. The summed E-state index contributed by atoms with van der Waals surface area (Å²) in [5, 5.41) is 1.64. The zero-order valence-corrected chi connectivity index (χ0v) is 12.4. The number of halogens is 1. The number of hydroxylamine groups is 2. The molecule has 1 aromatic rings. The van der Waals surface area contributed by atoms with Crippen LogP contribution in [0.5, 0.6) is 5.75 Å². The lowest BCUT2D eigenvalue weighted by atomic mass is 10.0. The highest BCUT2D eigenvalue weighted by atomic mass is 19.1. The van der Waals surface area contributed by atoms with Crippen molar-refractivity contribution in [3.05, 3.63) is 30.1 Å². The van der Waals surface area contributed by atoms with E-state index < -0.39 is 0 Å². The summed E-state index contributed by atoms with van der Waals surface area (Å²) in [5.74, 6) is -0.0763. The molecule has 2 aliphatic heterocycles. The molecular weight excluding hydrogens is 289 g/mol. The number of carbonyl (C=O) groups excluding carboxylic acids is 1. The van der Waals surface area contributed by atoms with Crippen LogP contribution in [0, 0.1) is 11.7 Å². The van der Waals surface area contributed by atoms with Crippen LogP contribution >= 0.6 is 0 Å². The van der Waals surface area contributed by atoms with Gasteiger partial charge in [0.05, 0.1) is 12.5 Å². The third kappa shape index (κ3) is 3.96. The van der Waals surface area contributed by atoms with Crippen LogP contribution in [-0.2, 0) is 14.4 Å². The summed E-state index contributed by atoms with van der Waals surface area (Å²) in [6.45, 7) is 2.37. The Balaban J connectivity index is 1.46. The smallest absolute Gasteiger partial charge is 0.328 e. The topological polar surface area (TPSA) is 48.0 Å². The molecule has 0 aliphatic carbocycles. The quantitative estimate of drug-likeness (QED) is 0.853. The van der Waals surface area contributed by atoms with E-state index in [9.17, 15) is 9.18 Å². The Kier molecular flexibility index (Phi) is 4.90. The molecule has 1 atom stereocenters. The average Bonchev–Trinajstić information content (AvgIpc) is 2.95. The lowest BCUT2D eigenvalue weighted by Gasteiger charge is -2.23. The molecule has 2 fully saturated rings. The maximum atomic E-state index is 13.1. The number of ether oxygens (including phenoxy) is 2. The molecule has 0 unspecified atom stereocenters. The van der Waals surface area contributed by atoms with Gasteiger partial charge in [0.15, 0.2) is 0 Å². The largest absolute Gasteiger partial charge is 0.489 e. The SMILES string of the molecule is O=C(ON1CC[C@@H](Oc2cccc(F)c2)C1)C1CCOCC1. The summed E-state index contributed by atoms with van der Waals surface area (Å²) in [5.41, 5.74) is 0. The first-order chi connectivity index (χ1) is 10.7. The van der Waals surface area contributed by atoms with Crippen LogP contribution in [0.15, 0.2) is 24.3 Å². The number of hydrogen-bond acceptors (Lipinski definition) is 5. The monoisotopic (exact) mass is 309 g/mol. The molecule has 2 heterocycles. The van der Waals surface area contributed by atoms with Crippen molar-refractivity contribution >= 4 is 5.97 Å². The predicted molar refractivity (Wildman–Crippen MR) is 76.6 cm³/mol. The summed E-state index contributed by atoms with van der Waals surface area (Å²) in [7, 11) is 0. The molecule has 0 radical (unpaired) electrons. The lowest BCUT2D eigenvalue weighted by molar-refractivity contribution is -0.194. The van der Waals surface area contributed by atoms with Gasteiger partial charge in [-0.1, -0.05) is 6.07 Å². The van der Waals surface area contributed by atoms with E-state index in [4.69, 9.17) is 14.3 Å². The Morgan fingerprint density at radius 1 is 1.27 bits per heavy atom. The Labute approximate surface area is 128 Å². The van der Waals surface area contributed by atoms with Gasteiger partial charge in [-0.2, -0.15) is 0 Å². The van der Waals surface area contributed by atoms with Crippen molar-refractivity contribution in [2.45, 2.75) is 25.4 Å². The van der Waals surface area contributed by atoms with E-state index in [1.807, 2.05) is 0 Å². The van der Waals surface area contributed by atoms with Gasteiger partial charge >= 0.3 is 5.97 Å². The zero-order chi connectivity index (χ0) is 15.4. The van der Waals surface area contributed by atoms with E-state index >= 15 is 0 Å². The van der Waals surface area contributed by atoms with E-state index in [0.717, 1.165) is 19.3 Å². The van der Waals surface area contributed by atoms with Crippen molar-refractivity contribution in [2.24, 2.45) is 5.92 Å². The minimum absolute atomic E-state index is 0.0723. The van der Waals surface area contributed by atoms with Crippen molar-refractivity contribution in [3.8, 4) is 5.75 Å². The first-order valence-electron chi connectivity index (χ1n) is 7.67. The van der Waals surface area contributed by atoms with E-state index in [-0.39, 0.29) is 23.8 Å². The maximum absolute atomic E-state index is 13.1. The van der Waals surface area contributed by atoms with Crippen molar-refractivity contribution in [3.63, 3.8) is 0 Å². The number of hydrogen-bond donors (Lipinski definition) is 0. The second kappa shape index (κ2) is 7.07. The van der Waals surface area contributed by atoms with Crippen molar-refractivity contribution in [2.75, 3.05) is 26.3 Å². The van der Waals surface area contributed by atoms with Gasteiger partial charge in [-0.25, -0.2) is 4.39 Å². The molecule has 2 saturated heterocycles. The first-order valence-corrected chi connectivity index (χ1v) is 7.67. The van der Waals surface area contributed by atoms with Gasteiger partial charge in [0, 0.05) is 32.2 Å². The number of carbonyl (C=O) groups is 1. The highest BCUT2D eigenvalue weighted by Crippen LogP contribution is 2.21. The predicted octanol–water partition coefficient (Wildman–Crippen LogP) is 2.16. The van der Waals surface area contributed by atoms with E-state index in [1.165, 1.54) is 12.1 Å². The van der Waals surface area contributed by atoms with Gasteiger partial charge < -0.3 is 14.3 Å². The van der Waals surface area contributed by atoms with Crippen LogP contribution < -0.4 is 4.74 Å². The molecule has 0 saturated carbocycles. The van der Waals surface area contributed by atoms with Crippen molar-refractivity contribution in [1.82, 2.24) is 5.06 Å². The molecule has 22 heavy (non-hydrogen) atoms. The molecule has 120 valence electrons. The average molecular weight is 309 g/mol. The minimum atomic E-state index is -0.321. The second-order valence-electron chi connectivity index (χ2n) is 5.67. The summed E-state index contributed by atoms with van der Waals surface area (Å²) < 4.78 is 24.1. The van der Waals surface area contributed by atoms with Crippen LogP contribution in [0.3, 0.4) is 0 Å². The standard InChI is InChI=1S/C16H20FNO4/c17-13-2-1-3-14(10-13)21-15-4-7-18(11-15)22-16(19)12-5-8-20-9-6-12/h1-3,10,12,15H,4-9,11H2/t15-/m1/s1. The molecule has 6 heteroatoms. The third-order valence-corrected chi connectivity index (χ3v) is 3.98. The lowest BCUT2D eigenvalue weighted by Crippen LogP contribution is -2.33. The van der Waals surface area contributed by atoms with E-state index in [1.54, 1.807) is 17.2 Å². The fourth-order valence-electron chi connectivity index (χ4n) is 2.74. The molecule has 0 bridgehead atoms. The Hall–Kier alpha value is -1.66. The van der Waals surface area contributed by atoms with Gasteiger partial charge in [0.25, 0.3) is 0 Å². The second-order valence-corrected chi connectivity index (χ2v) is 5.67. The molecule has 5 nitrogen and oxygen atoms in total. The van der Waals surface area contributed by atoms with Gasteiger partial charge in [-0.3, -0.25) is 4.79 Å². The third-order valence-electron chi connectivity index (χ3n) is 3.98. The molecule has 2 aliphatic rings. The van der Waals surface area contributed by atoms with Crippen LogP contribution in [-0.4, -0.2) is 43.4 Å². The normalized spacial score (nSPS) is 23.4. The molecule has 1 aromatic carbocycles. The summed E-state index contributed by atoms with van der Waals surface area (Å²) in [4.78, 5) is 17.5. The molecule has 3 rings (SSSR count). The van der Waals surface area contributed by atoms with E-state index in [2.05, 4.69) is 0 Å². The van der Waals surface area contributed by atoms with Gasteiger partial charge in [0.1, 0.15) is 17.7 Å². The minimum Gasteiger partial charge on any atom is -0.489 e. The molecule has 0 N–H and O–H groups in total. The summed E-state index contributed by atoms with van der Waals surface area (Å²) in [6.07, 6.45) is 2.09. The van der Waals surface area contributed by atoms with Crippen LogP contribution in [0.4, 0.5) is 4.39 Å². The van der Waals surface area contributed by atoms with Gasteiger partial charge in [0.2, 0.25) is 0 Å². The van der Waals surface area contributed by atoms with Crippen LogP contribution in [0.1, 0.15) is 19.3 Å². The summed E-state index contributed by atoms with van der Waals surface area (Å²) in [6, 6.07) is 6.07. The fraction of sp³-hybridized carbons (Fsp3) is 0.562. The molecule has 0 spiro atoms. The highest BCUT2D eigenvalue weighted by molar-refractivity contribution is 5.72. The number of rotatable bonds is 4. The first kappa shape index (κ1) is 15.2. The van der Waals surface area contributed by atoms with Crippen LogP contribution in [0.25, 0.3) is 0 Å². The highest BCUT2D eigenvalue weighted by Gasteiger charge is 2.30. The Bertz CT molecular complexity index is 519. The Morgan fingerprint density at radius 2 is 2.09 bits per heavy atom. The van der Waals surface area contributed by atoms with Crippen molar-refractivity contribution in [1.29, 1.82) is 0 Å². The molecule has 0 aromatic heterocycles.